The highest BCUT2D eigenvalue weighted by molar-refractivity contribution is 5.85. The highest BCUT2D eigenvalue weighted by Gasteiger charge is 2.41. The molecule has 0 saturated heterocycles. The summed E-state index contributed by atoms with van der Waals surface area (Å²) in [5.41, 5.74) is -1.22. The van der Waals surface area contributed by atoms with Crippen LogP contribution in [-0.2, 0) is 9.59 Å². The van der Waals surface area contributed by atoms with Gasteiger partial charge in [-0.2, -0.15) is 0 Å². The summed E-state index contributed by atoms with van der Waals surface area (Å²) in [5.74, 6) is -0.168. The lowest BCUT2D eigenvalue weighted by Crippen LogP contribution is -2.51. The summed E-state index contributed by atoms with van der Waals surface area (Å²) in [6, 6.07) is 0.238. The predicted octanol–water partition coefficient (Wildman–Crippen LogP) is 0.519. The zero-order valence-electron chi connectivity index (χ0n) is 14.3. The molecule has 6 heteroatoms. The van der Waals surface area contributed by atoms with Gasteiger partial charge in [-0.15, -0.1) is 0 Å². The fourth-order valence-corrected chi connectivity index (χ4v) is 2.20. The first kappa shape index (κ1) is 18.9. The van der Waals surface area contributed by atoms with Crippen molar-refractivity contribution < 1.29 is 19.8 Å². The van der Waals surface area contributed by atoms with Crippen LogP contribution in [0.5, 0.6) is 0 Å². The number of carbonyl (C=O) groups excluding carboxylic acids is 2. The average molecular weight is 314 g/mol. The van der Waals surface area contributed by atoms with Gasteiger partial charge in [0.15, 0.2) is 0 Å². The lowest BCUT2D eigenvalue weighted by molar-refractivity contribution is -0.143. The first-order chi connectivity index (χ1) is 9.99. The Hall–Kier alpha value is -1.14. The van der Waals surface area contributed by atoms with Gasteiger partial charge in [0.2, 0.25) is 11.8 Å². The topological polar surface area (TPSA) is 89.9 Å². The van der Waals surface area contributed by atoms with Crippen molar-refractivity contribution in [2.75, 3.05) is 19.7 Å². The molecule has 0 aliphatic heterocycles. The highest BCUT2D eigenvalue weighted by Crippen LogP contribution is 2.33. The van der Waals surface area contributed by atoms with Crippen LogP contribution in [0.4, 0.5) is 0 Å². The molecule has 0 aromatic heterocycles. The predicted molar refractivity (Wildman–Crippen MR) is 84.1 cm³/mol. The molecular formula is C16H30N2O4. The molecule has 128 valence electrons. The second kappa shape index (κ2) is 6.96. The summed E-state index contributed by atoms with van der Waals surface area (Å²) in [4.78, 5) is 26.7. The smallest absolute Gasteiger partial charge is 0.228 e. The fraction of sp³-hybridized carbons (Fsp3) is 0.875. The third-order valence-electron chi connectivity index (χ3n) is 3.78. The summed E-state index contributed by atoms with van der Waals surface area (Å²) in [7, 11) is 0. The molecule has 0 aromatic carbocycles. The van der Waals surface area contributed by atoms with Gasteiger partial charge in [-0.1, -0.05) is 20.8 Å². The minimum absolute atomic E-state index is 0.00933. The Morgan fingerprint density at radius 2 is 1.77 bits per heavy atom. The molecule has 0 radical (unpaired) electrons. The lowest BCUT2D eigenvalue weighted by atomic mass is 9.88. The van der Waals surface area contributed by atoms with Crippen molar-refractivity contribution in [1.29, 1.82) is 0 Å². The van der Waals surface area contributed by atoms with Crippen LogP contribution in [0.15, 0.2) is 0 Å². The summed E-state index contributed by atoms with van der Waals surface area (Å²) in [6.07, 6.45) is 1.02. The molecule has 0 unspecified atom stereocenters. The third kappa shape index (κ3) is 5.25. The molecule has 3 N–H and O–H groups in total. The van der Waals surface area contributed by atoms with Gasteiger partial charge in [0, 0.05) is 24.5 Å². The standard InChI is InChI=1S/C16H30N2O4/c1-15(2,3)14(22)18(11-6-7-11)10-16(4,5)13(21)17-8-12(20)9-19/h11-12,19-20H,6-10H2,1-5H3,(H,17,21)/t12-/m1/s1. The van der Waals surface area contributed by atoms with Gasteiger partial charge in [-0.05, 0) is 26.7 Å². The van der Waals surface area contributed by atoms with Crippen LogP contribution in [0.3, 0.4) is 0 Å². The van der Waals surface area contributed by atoms with Crippen LogP contribution in [0, 0.1) is 10.8 Å². The van der Waals surface area contributed by atoms with E-state index in [0.717, 1.165) is 12.8 Å². The van der Waals surface area contributed by atoms with Crippen LogP contribution in [-0.4, -0.2) is 58.8 Å². The zero-order chi connectivity index (χ0) is 17.1. The van der Waals surface area contributed by atoms with E-state index in [-0.39, 0.29) is 24.4 Å². The van der Waals surface area contributed by atoms with E-state index in [2.05, 4.69) is 5.32 Å². The summed E-state index contributed by atoms with van der Waals surface area (Å²) < 4.78 is 0. The molecule has 0 spiro atoms. The third-order valence-corrected chi connectivity index (χ3v) is 3.78. The van der Waals surface area contributed by atoms with E-state index in [1.807, 2.05) is 25.7 Å². The largest absolute Gasteiger partial charge is 0.394 e. The van der Waals surface area contributed by atoms with Gasteiger partial charge in [-0.25, -0.2) is 0 Å². The van der Waals surface area contributed by atoms with Crippen molar-refractivity contribution in [3.05, 3.63) is 0 Å². The quantitative estimate of drug-likeness (QED) is 0.639. The molecule has 0 aromatic rings. The second-order valence-corrected chi connectivity index (χ2v) is 7.84. The van der Waals surface area contributed by atoms with Crippen molar-refractivity contribution in [2.24, 2.45) is 10.8 Å². The Bertz CT molecular complexity index is 411. The Labute approximate surface area is 132 Å². The maximum atomic E-state index is 12.6. The second-order valence-electron chi connectivity index (χ2n) is 7.84. The molecule has 1 aliphatic carbocycles. The number of nitrogens with zero attached hydrogens (tertiary/aromatic N) is 1. The van der Waals surface area contributed by atoms with Gasteiger partial charge < -0.3 is 20.4 Å². The molecule has 1 atom stereocenters. The number of aliphatic hydroxyl groups excluding tert-OH is 2. The highest BCUT2D eigenvalue weighted by atomic mass is 16.3. The van der Waals surface area contributed by atoms with Crippen molar-refractivity contribution in [3.8, 4) is 0 Å². The van der Waals surface area contributed by atoms with E-state index in [1.165, 1.54) is 0 Å². The number of nitrogens with one attached hydrogen (secondary N) is 1. The van der Waals surface area contributed by atoms with Crippen molar-refractivity contribution in [3.63, 3.8) is 0 Å². The SMILES string of the molecule is CC(C)(C)C(=O)N(CC(C)(C)C(=O)NC[C@@H](O)CO)C1CC1. The monoisotopic (exact) mass is 314 g/mol. The molecule has 1 saturated carbocycles. The fourth-order valence-electron chi connectivity index (χ4n) is 2.20. The maximum absolute atomic E-state index is 12.6. The Balaban J connectivity index is 2.70. The Morgan fingerprint density at radius 1 is 1.23 bits per heavy atom. The number of aliphatic hydroxyl groups is 2. The van der Waals surface area contributed by atoms with Crippen molar-refractivity contribution in [2.45, 2.75) is 59.6 Å². The molecular weight excluding hydrogens is 284 g/mol. The summed E-state index contributed by atoms with van der Waals surface area (Å²) >= 11 is 0. The van der Waals surface area contributed by atoms with E-state index >= 15 is 0 Å². The molecule has 0 heterocycles. The summed E-state index contributed by atoms with van der Waals surface area (Å²) in [5, 5.41) is 20.7. The van der Waals surface area contributed by atoms with E-state index in [4.69, 9.17) is 5.11 Å². The van der Waals surface area contributed by atoms with Gasteiger partial charge >= 0.3 is 0 Å². The van der Waals surface area contributed by atoms with Crippen molar-refractivity contribution >= 4 is 11.8 Å². The molecule has 1 fully saturated rings. The van der Waals surface area contributed by atoms with Gasteiger partial charge in [0.05, 0.1) is 18.1 Å². The number of hydrogen-bond donors (Lipinski definition) is 3. The van der Waals surface area contributed by atoms with E-state index in [9.17, 15) is 14.7 Å². The van der Waals surface area contributed by atoms with Crippen LogP contribution in [0.25, 0.3) is 0 Å². The maximum Gasteiger partial charge on any atom is 0.228 e. The number of hydrogen-bond acceptors (Lipinski definition) is 4. The zero-order valence-corrected chi connectivity index (χ0v) is 14.3. The van der Waals surface area contributed by atoms with Gasteiger partial charge in [-0.3, -0.25) is 9.59 Å². The Morgan fingerprint density at radius 3 is 2.18 bits per heavy atom. The average Bonchev–Trinajstić information content (AvgIpc) is 3.24. The van der Waals surface area contributed by atoms with E-state index in [1.54, 1.807) is 13.8 Å². The molecule has 0 bridgehead atoms. The van der Waals surface area contributed by atoms with Gasteiger partial charge in [0.1, 0.15) is 0 Å². The van der Waals surface area contributed by atoms with Crippen LogP contribution < -0.4 is 5.32 Å². The molecule has 6 nitrogen and oxygen atoms in total. The normalized spacial score (nSPS) is 17.0. The van der Waals surface area contributed by atoms with Gasteiger partial charge in [0.25, 0.3) is 0 Å². The van der Waals surface area contributed by atoms with Crippen molar-refractivity contribution in [1.82, 2.24) is 10.2 Å². The van der Waals surface area contributed by atoms with E-state index in [0.29, 0.717) is 6.54 Å². The van der Waals surface area contributed by atoms with E-state index < -0.39 is 23.5 Å². The summed E-state index contributed by atoms with van der Waals surface area (Å²) in [6.45, 7) is 9.21. The number of rotatable bonds is 7. The van der Waals surface area contributed by atoms with Crippen LogP contribution in [0.2, 0.25) is 0 Å². The minimum Gasteiger partial charge on any atom is -0.394 e. The van der Waals surface area contributed by atoms with Crippen LogP contribution in [0.1, 0.15) is 47.5 Å². The first-order valence-corrected chi connectivity index (χ1v) is 7.87. The molecule has 1 rings (SSSR count). The minimum atomic E-state index is -0.963. The number of amides is 2. The lowest BCUT2D eigenvalue weighted by Gasteiger charge is -2.35. The molecule has 22 heavy (non-hydrogen) atoms. The first-order valence-electron chi connectivity index (χ1n) is 7.87. The molecule has 1 aliphatic rings. The number of carbonyl (C=O) groups is 2. The van der Waals surface area contributed by atoms with Crippen LogP contribution >= 0.6 is 0 Å². The Kier molecular flexibility index (Phi) is 5.98. The molecule has 2 amide bonds.